The zero-order chi connectivity index (χ0) is 14.2. The van der Waals surface area contributed by atoms with E-state index in [2.05, 4.69) is 4.74 Å². The molecule has 6 nitrogen and oxygen atoms in total. The molecule has 7 heteroatoms. The van der Waals surface area contributed by atoms with Gasteiger partial charge in [-0.25, -0.2) is 0 Å². The molecule has 0 aliphatic carbocycles. The third-order valence-corrected chi connectivity index (χ3v) is 2.60. The van der Waals surface area contributed by atoms with Crippen LogP contribution in [0.25, 0.3) is 0 Å². The van der Waals surface area contributed by atoms with Crippen molar-refractivity contribution in [1.29, 1.82) is 0 Å². The van der Waals surface area contributed by atoms with Gasteiger partial charge in [0.25, 0.3) is 10.1 Å². The Morgan fingerprint density at radius 1 is 1.22 bits per heavy atom. The molecule has 0 saturated carbocycles. The summed E-state index contributed by atoms with van der Waals surface area (Å²) < 4.78 is 33.9. The number of rotatable bonds is 3. The van der Waals surface area contributed by atoms with Crippen molar-refractivity contribution >= 4 is 16.1 Å². The van der Waals surface area contributed by atoms with Crippen LogP contribution < -0.4 is 0 Å². The van der Waals surface area contributed by atoms with Crippen LogP contribution in [-0.4, -0.2) is 30.7 Å². The molecule has 0 aromatic heterocycles. The molecule has 18 heavy (non-hydrogen) atoms. The molecule has 0 aliphatic rings. The quantitative estimate of drug-likeness (QED) is 0.642. The smallest absolute Gasteiger partial charge is 0.305 e. The second kappa shape index (κ2) is 7.67. The van der Waals surface area contributed by atoms with E-state index in [1.54, 1.807) is 13.8 Å². The highest BCUT2D eigenvalue weighted by Gasteiger charge is 2.07. The molecule has 0 aliphatic heterocycles. The lowest BCUT2D eigenvalue weighted by Gasteiger charge is -1.94. The lowest BCUT2D eigenvalue weighted by molar-refractivity contribution is -0.142. The van der Waals surface area contributed by atoms with Gasteiger partial charge >= 0.3 is 5.97 Å². The largest absolute Gasteiger partial charge is 0.508 e. The monoisotopic (exact) mass is 276 g/mol. The third kappa shape index (κ3) is 6.87. The lowest BCUT2D eigenvalue weighted by Crippen LogP contribution is -2.00. The molecule has 0 bridgehead atoms. The third-order valence-electron chi connectivity index (χ3n) is 1.73. The average molecular weight is 276 g/mol. The van der Waals surface area contributed by atoms with E-state index in [1.165, 1.54) is 12.1 Å². The molecule has 0 fully saturated rings. The van der Waals surface area contributed by atoms with Crippen molar-refractivity contribution in [3.8, 4) is 5.75 Å². The van der Waals surface area contributed by atoms with Crippen LogP contribution in [0.4, 0.5) is 0 Å². The number of benzene rings is 1. The van der Waals surface area contributed by atoms with Crippen LogP contribution in [0, 0.1) is 0 Å². The summed E-state index contributed by atoms with van der Waals surface area (Å²) in [6.45, 7) is 4.07. The zero-order valence-electron chi connectivity index (χ0n) is 10.2. The van der Waals surface area contributed by atoms with E-state index in [4.69, 9.17) is 9.66 Å². The van der Waals surface area contributed by atoms with Crippen molar-refractivity contribution < 1.29 is 27.6 Å². The molecule has 0 spiro atoms. The van der Waals surface area contributed by atoms with Gasteiger partial charge < -0.3 is 9.84 Å². The fourth-order valence-electron chi connectivity index (χ4n) is 0.881. The SMILES string of the molecule is CCOC(=O)CC.O=S(=O)(O)c1ccc(O)cc1. The van der Waals surface area contributed by atoms with Crippen LogP contribution in [0.15, 0.2) is 29.2 Å². The molecule has 0 heterocycles. The first-order valence-corrected chi connectivity index (χ1v) is 6.67. The maximum absolute atomic E-state index is 10.4. The van der Waals surface area contributed by atoms with E-state index in [9.17, 15) is 13.2 Å². The number of hydrogen-bond acceptors (Lipinski definition) is 5. The Morgan fingerprint density at radius 3 is 2.00 bits per heavy atom. The van der Waals surface area contributed by atoms with Crippen molar-refractivity contribution in [3.05, 3.63) is 24.3 Å². The number of carbonyl (C=O) groups excluding carboxylic acids is 1. The standard InChI is InChI=1S/C6H6O4S.C5H10O2/c7-5-1-3-6(4-2-5)11(8,9)10;1-3-5(6)7-4-2/h1-4,7H,(H,8,9,10);3-4H2,1-2H3. The fourth-order valence-corrected chi connectivity index (χ4v) is 1.36. The summed E-state index contributed by atoms with van der Waals surface area (Å²) in [5, 5.41) is 8.75. The number of ether oxygens (including phenoxy) is 1. The molecule has 0 radical (unpaired) electrons. The van der Waals surface area contributed by atoms with Gasteiger partial charge in [-0.3, -0.25) is 9.35 Å². The average Bonchev–Trinajstić information content (AvgIpc) is 2.29. The van der Waals surface area contributed by atoms with Crippen LogP contribution in [0.5, 0.6) is 5.75 Å². The Kier molecular flexibility index (Phi) is 6.99. The maximum atomic E-state index is 10.4. The second-order valence-electron chi connectivity index (χ2n) is 3.13. The van der Waals surface area contributed by atoms with Gasteiger partial charge in [0.2, 0.25) is 0 Å². The van der Waals surface area contributed by atoms with Crippen molar-refractivity contribution in [1.82, 2.24) is 0 Å². The van der Waals surface area contributed by atoms with Gasteiger partial charge in [0.05, 0.1) is 11.5 Å². The summed E-state index contributed by atoms with van der Waals surface area (Å²) in [5.41, 5.74) is 0. The molecule has 102 valence electrons. The first kappa shape index (κ1) is 16.4. The first-order valence-electron chi connectivity index (χ1n) is 5.23. The summed E-state index contributed by atoms with van der Waals surface area (Å²) in [6.07, 6.45) is 0.480. The van der Waals surface area contributed by atoms with Crippen LogP contribution in [0.3, 0.4) is 0 Å². The fraction of sp³-hybridized carbons (Fsp3) is 0.364. The van der Waals surface area contributed by atoms with Crippen molar-refractivity contribution in [2.45, 2.75) is 25.2 Å². The van der Waals surface area contributed by atoms with Crippen LogP contribution in [0.1, 0.15) is 20.3 Å². The number of esters is 1. The number of hydrogen-bond donors (Lipinski definition) is 2. The molecular formula is C11H16O6S. The Labute approximate surface area is 106 Å². The number of carbonyl (C=O) groups is 1. The highest BCUT2D eigenvalue weighted by Crippen LogP contribution is 2.13. The molecule has 0 atom stereocenters. The summed E-state index contributed by atoms with van der Waals surface area (Å²) in [6, 6.07) is 4.60. The molecule has 0 amide bonds. The minimum absolute atomic E-state index is 0.0441. The van der Waals surface area contributed by atoms with E-state index >= 15 is 0 Å². The van der Waals surface area contributed by atoms with Gasteiger partial charge in [0, 0.05) is 6.42 Å². The minimum atomic E-state index is -4.13. The van der Waals surface area contributed by atoms with Gasteiger partial charge in [-0.05, 0) is 31.2 Å². The summed E-state index contributed by atoms with van der Waals surface area (Å²) >= 11 is 0. The number of aromatic hydroxyl groups is 1. The van der Waals surface area contributed by atoms with Crippen molar-refractivity contribution in [2.24, 2.45) is 0 Å². The van der Waals surface area contributed by atoms with E-state index in [1.807, 2.05) is 0 Å². The number of phenolic OH excluding ortho intramolecular Hbond substituents is 1. The maximum Gasteiger partial charge on any atom is 0.305 e. The van der Waals surface area contributed by atoms with Gasteiger partial charge in [-0.1, -0.05) is 6.92 Å². The Hall–Kier alpha value is -1.60. The molecular weight excluding hydrogens is 260 g/mol. The van der Waals surface area contributed by atoms with Crippen LogP contribution >= 0.6 is 0 Å². The molecule has 0 saturated heterocycles. The molecule has 2 N–H and O–H groups in total. The first-order chi connectivity index (χ1) is 8.31. The second-order valence-corrected chi connectivity index (χ2v) is 4.55. The predicted molar refractivity (Wildman–Crippen MR) is 64.8 cm³/mol. The lowest BCUT2D eigenvalue weighted by atomic mass is 10.3. The van der Waals surface area contributed by atoms with E-state index in [-0.39, 0.29) is 16.6 Å². The van der Waals surface area contributed by atoms with Gasteiger partial charge in [0.1, 0.15) is 5.75 Å². The summed E-state index contributed by atoms with van der Waals surface area (Å²) in [7, 11) is -4.13. The highest BCUT2D eigenvalue weighted by molar-refractivity contribution is 7.85. The molecule has 0 unspecified atom stereocenters. The Balaban J connectivity index is 0.000000360. The molecule has 1 aromatic rings. The van der Waals surface area contributed by atoms with Crippen molar-refractivity contribution in [2.75, 3.05) is 6.61 Å². The summed E-state index contributed by atoms with van der Waals surface area (Å²) in [5.74, 6) is -0.167. The minimum Gasteiger partial charge on any atom is -0.508 e. The van der Waals surface area contributed by atoms with E-state index in [0.717, 1.165) is 12.1 Å². The number of phenols is 1. The predicted octanol–water partition coefficient (Wildman–Crippen LogP) is 1.60. The molecule has 1 aromatic carbocycles. The Bertz CT molecular complexity index is 463. The van der Waals surface area contributed by atoms with Crippen LogP contribution in [-0.2, 0) is 19.6 Å². The summed E-state index contributed by atoms with van der Waals surface area (Å²) in [4.78, 5) is 9.96. The van der Waals surface area contributed by atoms with Crippen LogP contribution in [0.2, 0.25) is 0 Å². The van der Waals surface area contributed by atoms with Gasteiger partial charge in [-0.2, -0.15) is 8.42 Å². The Morgan fingerprint density at radius 2 is 1.72 bits per heavy atom. The topological polar surface area (TPSA) is 101 Å². The molecule has 1 rings (SSSR count). The normalized spacial score (nSPS) is 10.2. The van der Waals surface area contributed by atoms with E-state index < -0.39 is 10.1 Å². The van der Waals surface area contributed by atoms with Gasteiger partial charge in [-0.15, -0.1) is 0 Å². The zero-order valence-corrected chi connectivity index (χ0v) is 11.0. The van der Waals surface area contributed by atoms with E-state index in [0.29, 0.717) is 13.0 Å². The van der Waals surface area contributed by atoms with Gasteiger partial charge in [0.15, 0.2) is 0 Å². The highest BCUT2D eigenvalue weighted by atomic mass is 32.2. The van der Waals surface area contributed by atoms with Crippen molar-refractivity contribution in [3.63, 3.8) is 0 Å².